The molecule has 0 fully saturated rings. The maximum Gasteiger partial charge on any atom is 0.302 e. The number of Topliss-reactive ketones (excluding diaryl/α,β-unsaturated/α-hetero) is 1. The minimum atomic E-state index is -0.284. The fraction of sp³-hybridized carbons (Fsp3) is 0.951. The van der Waals surface area contributed by atoms with Gasteiger partial charge in [0.1, 0.15) is 25.6 Å². The van der Waals surface area contributed by atoms with Gasteiger partial charge in [-0.05, 0) is 117 Å². The Kier molecular flexibility index (Phi) is 226. The van der Waals surface area contributed by atoms with Crippen molar-refractivity contribution in [1.82, 2.24) is 0 Å². The van der Waals surface area contributed by atoms with Crippen LogP contribution in [-0.2, 0) is 166 Å². The average molecular weight is 2020 g/mol. The summed E-state index contributed by atoms with van der Waals surface area (Å²) in [6.07, 6.45) is 19.6. The minimum Gasteiger partial charge on any atom is -0.466 e. The van der Waals surface area contributed by atoms with Crippen molar-refractivity contribution in [3.05, 3.63) is 0 Å². The molecule has 138 heavy (non-hydrogen) atoms. The van der Waals surface area contributed by atoms with Gasteiger partial charge in [0.15, 0.2) is 0 Å². The first-order valence-corrected chi connectivity index (χ1v) is 51.7. The first-order valence-electron chi connectivity index (χ1n) is 51.7. The molecule has 0 bridgehead atoms. The van der Waals surface area contributed by atoms with Gasteiger partial charge in [0.2, 0.25) is 0 Å². The van der Waals surface area contributed by atoms with Gasteiger partial charge in [0, 0.05) is 155 Å². The highest BCUT2D eigenvalue weighted by atomic mass is 16.6. The smallest absolute Gasteiger partial charge is 0.302 e. The third-order valence-electron chi connectivity index (χ3n) is 13.7. The second-order valence-electron chi connectivity index (χ2n) is 28.7. The summed E-state index contributed by atoms with van der Waals surface area (Å²) in [5.74, 6) is -0.833. The number of carbonyl (C=O) groups is 5. The third-order valence-corrected chi connectivity index (χ3v) is 13.7. The van der Waals surface area contributed by atoms with Gasteiger partial charge in [0.25, 0.3) is 0 Å². The molecule has 0 aliphatic heterocycles. The van der Waals surface area contributed by atoms with Crippen molar-refractivity contribution < 1.29 is 166 Å². The molecule has 0 rings (SSSR count). The topological polar surface area (TPSA) is 362 Å². The molecule has 35 heteroatoms. The summed E-state index contributed by atoms with van der Waals surface area (Å²) in [7, 11) is 6.71. The molecule has 0 aromatic rings. The van der Waals surface area contributed by atoms with Crippen molar-refractivity contribution in [2.24, 2.45) is 0 Å². The van der Waals surface area contributed by atoms with E-state index in [-0.39, 0.29) is 29.7 Å². The lowest BCUT2D eigenvalue weighted by Crippen LogP contribution is -2.12. The molecule has 0 aliphatic rings. The maximum absolute atomic E-state index is 10.4. The predicted molar refractivity (Wildman–Crippen MR) is 554 cm³/mol. The third kappa shape index (κ3) is 274. The predicted octanol–water partition coefficient (Wildman–Crippen LogP) is 18.0. The molecule has 0 amide bonds. The van der Waals surface area contributed by atoms with Crippen LogP contribution in [0.15, 0.2) is 0 Å². The molecule has 0 saturated carbocycles. The number of rotatable bonds is 87. The molecule has 0 N–H and O–H groups in total. The monoisotopic (exact) mass is 2020 g/mol. The van der Waals surface area contributed by atoms with E-state index < -0.39 is 0 Å². The Morgan fingerprint density at radius 1 is 0.116 bits per heavy atom. The van der Waals surface area contributed by atoms with Crippen LogP contribution in [0.4, 0.5) is 0 Å². The quantitative estimate of drug-likeness (QED) is 0.0310. The molecule has 0 radical (unpaired) electrons. The number of ketones is 1. The van der Waals surface area contributed by atoms with E-state index in [4.69, 9.17) is 123 Å². The molecule has 35 nitrogen and oxygen atoms in total. The molecule has 0 heterocycles. The van der Waals surface area contributed by atoms with E-state index in [1.54, 1.807) is 28.4 Å². The van der Waals surface area contributed by atoms with Crippen LogP contribution in [0.2, 0.25) is 0 Å². The molecule has 0 aliphatic carbocycles. The summed E-state index contributed by atoms with van der Waals surface area (Å²) in [4.78, 5) is 50.3. The van der Waals surface area contributed by atoms with Gasteiger partial charge >= 0.3 is 23.9 Å². The fourth-order valence-electron chi connectivity index (χ4n) is 7.29. The van der Waals surface area contributed by atoms with Crippen LogP contribution >= 0.6 is 0 Å². The van der Waals surface area contributed by atoms with Crippen molar-refractivity contribution in [3.8, 4) is 0 Å². The van der Waals surface area contributed by atoms with Crippen LogP contribution in [0.1, 0.15) is 282 Å². The number of ether oxygens (including phenoxy) is 30. The summed E-state index contributed by atoms with van der Waals surface area (Å²) in [5, 5.41) is 0. The Labute approximate surface area is 845 Å². The lowest BCUT2D eigenvalue weighted by atomic mass is 10.4. The number of hydrogen-bond donors (Lipinski definition) is 0. The average Bonchev–Trinajstić information content (AvgIpc) is 1.10. The highest BCUT2D eigenvalue weighted by Crippen LogP contribution is 1.94. The lowest BCUT2D eigenvalue weighted by molar-refractivity contribution is -0.143. The first kappa shape index (κ1) is 165. The number of methoxy groups -OCH3 is 4. The van der Waals surface area contributed by atoms with Gasteiger partial charge in [-0.2, -0.15) is 0 Å². The zero-order valence-electron chi connectivity index (χ0n) is 94.3. The molecule has 0 unspecified atom stereocenters. The van der Waals surface area contributed by atoms with Crippen LogP contribution in [0.25, 0.3) is 0 Å². The molecular formula is C103H224O35. The highest BCUT2D eigenvalue weighted by molar-refractivity contribution is 5.72. The van der Waals surface area contributed by atoms with Crippen LogP contribution in [0.5, 0.6) is 0 Å². The molecular weight excluding hydrogens is 1800 g/mol. The fourth-order valence-corrected chi connectivity index (χ4v) is 7.29. The van der Waals surface area contributed by atoms with Crippen LogP contribution in [-0.4, -0.2) is 402 Å². The van der Waals surface area contributed by atoms with Crippen LogP contribution in [0.3, 0.4) is 0 Å². The Bertz CT molecular complexity index is 1850. The van der Waals surface area contributed by atoms with Gasteiger partial charge < -0.3 is 147 Å². The van der Waals surface area contributed by atoms with Crippen LogP contribution < -0.4 is 0 Å². The zero-order chi connectivity index (χ0) is 107. The summed E-state index contributed by atoms with van der Waals surface area (Å²) < 4.78 is 152. The highest BCUT2D eigenvalue weighted by Gasteiger charge is 2.00. The molecule has 0 aromatic carbocycles. The van der Waals surface area contributed by atoms with Gasteiger partial charge in [-0.25, -0.2) is 0 Å². The van der Waals surface area contributed by atoms with Gasteiger partial charge in [0.05, 0.1) is 225 Å². The summed E-state index contributed by atoms with van der Waals surface area (Å²) in [6, 6.07) is 0. The Balaban J connectivity index is -0.000000102. The molecule has 0 saturated heterocycles. The van der Waals surface area contributed by atoms with E-state index in [1.165, 1.54) is 54.4 Å². The van der Waals surface area contributed by atoms with Crippen molar-refractivity contribution >= 4 is 29.7 Å². The number of carbonyl (C=O) groups excluding carboxylic acids is 5. The number of unbranched alkanes of at least 4 members (excludes halogenated alkanes) is 1. The normalized spacial score (nSPS) is 9.91. The minimum absolute atomic E-state index is 0.167. The van der Waals surface area contributed by atoms with Crippen molar-refractivity contribution in [1.29, 1.82) is 0 Å². The summed E-state index contributed by atoms with van der Waals surface area (Å²) in [5.41, 5.74) is 0. The molecule has 0 aromatic heterocycles. The largest absolute Gasteiger partial charge is 0.466 e. The van der Waals surface area contributed by atoms with Crippen molar-refractivity contribution in [2.75, 3.05) is 372 Å². The van der Waals surface area contributed by atoms with E-state index in [2.05, 4.69) is 130 Å². The van der Waals surface area contributed by atoms with Crippen molar-refractivity contribution in [3.63, 3.8) is 0 Å². The second-order valence-corrected chi connectivity index (χ2v) is 28.7. The number of hydrogen-bond acceptors (Lipinski definition) is 35. The molecule has 0 spiro atoms. The second kappa shape index (κ2) is 189. The Morgan fingerprint density at radius 3 is 0.283 bits per heavy atom. The van der Waals surface area contributed by atoms with Crippen LogP contribution in [0, 0.1) is 0 Å². The lowest BCUT2D eigenvalue weighted by Gasteiger charge is -2.06. The number of esters is 4. The summed E-state index contributed by atoms with van der Waals surface area (Å²) in [6.45, 7) is 81.2. The Hall–Kier alpha value is -3.49. The summed E-state index contributed by atoms with van der Waals surface area (Å²) >= 11 is 0. The van der Waals surface area contributed by atoms with E-state index in [0.717, 1.165) is 222 Å². The molecule has 846 valence electrons. The first-order chi connectivity index (χ1) is 67.0. The van der Waals surface area contributed by atoms with Gasteiger partial charge in [-0.3, -0.25) is 19.2 Å². The SMILES string of the molecule is CC(C)=O.CCCC.CCCOC.CCCOC(C)=O.CCCOCCC.CCCOCCOC.CCCOCCOC(C)=O.CCCOCCOCCC.CCCOCCOCCOC.CCCOCCOCCOC(C)=O.CCCOCCOCCOCCC.CCCOCCOCCOCCOC.CCCOCCOCCOCCOC(C)=O.CCCOCCOCCOCCOCCC. The zero-order valence-corrected chi connectivity index (χ0v) is 94.3. The van der Waals surface area contributed by atoms with Crippen molar-refractivity contribution in [2.45, 2.75) is 282 Å². The van der Waals surface area contributed by atoms with Gasteiger partial charge in [-0.1, -0.05) is 137 Å². The van der Waals surface area contributed by atoms with E-state index in [9.17, 15) is 24.0 Å². The van der Waals surface area contributed by atoms with E-state index in [1.807, 2.05) is 13.8 Å². The van der Waals surface area contributed by atoms with Gasteiger partial charge in [-0.15, -0.1) is 0 Å². The standard InChI is InChI=1S/C12H26O4.C11H22O5.C10H22O4.C10H22O3.C9H18O4.C8H18O3.C8H18O2.C7H14O3.C6H14O2.C6H14O.C5H10O2.C4H10O.C4H10.C3H6O/c1-3-5-13-7-9-15-11-12-16-10-8-14-6-4-2;1-3-4-13-5-6-14-7-8-15-9-10-16-11(2)12;1-3-4-12-7-8-14-10-9-13-6-5-11-2;1-3-5-11-7-9-13-10-8-12-6-4-2;1-3-4-11-5-6-12-7-8-13-9(2)10;1-3-4-10-7-8-11-6-5-9-2;1-3-5-9-7-8-10-6-4-2;1-3-4-9-5-6-10-7(2)8;1-3-4-8-6-5-7-2;1-3-5-7-6-4-2;1-3-4-7-5(2)6;1-3-4-5-2;1-3-4-2;1-3(2)4/h3-12H2,1-2H3;3-10H2,1-2H3;3-10H2,1-2H3;3-10H2,1-2H3;3-8H2,1-2H3;3-8H2,1-2H3;3-8H2,1-2H3;3-6H2,1-2H3;3-6H2,1-2H3;3-6H2,1-2H3;3-4H2,1-2H3;3-4H2,1-2H3;3-4H2,1-2H3;1-2H3. The Morgan fingerprint density at radius 2 is 0.203 bits per heavy atom. The van der Waals surface area contributed by atoms with E-state index in [0.29, 0.717) is 225 Å². The molecule has 0 atom stereocenters. The van der Waals surface area contributed by atoms with E-state index >= 15 is 0 Å². The maximum atomic E-state index is 10.4.